The highest BCUT2D eigenvalue weighted by molar-refractivity contribution is 6.09. The van der Waals surface area contributed by atoms with Crippen molar-refractivity contribution >= 4 is 18.4 Å². The molecule has 0 amide bonds. The third-order valence-electron chi connectivity index (χ3n) is 2.62. The van der Waals surface area contributed by atoms with Gasteiger partial charge in [-0.15, -0.1) is 0 Å². The highest BCUT2D eigenvalue weighted by atomic mass is 16.1. The van der Waals surface area contributed by atoms with E-state index in [4.69, 9.17) is 0 Å². The number of benzene rings is 2. The predicted molar refractivity (Wildman–Crippen MR) is 67.1 cm³/mol. The van der Waals surface area contributed by atoms with Crippen LogP contribution >= 0.6 is 0 Å². The summed E-state index contributed by atoms with van der Waals surface area (Å²) >= 11 is 0. The zero-order chi connectivity index (χ0) is 13.0. The summed E-state index contributed by atoms with van der Waals surface area (Å²) in [5.41, 5.74) is 2.09. The highest BCUT2D eigenvalue weighted by Gasteiger charge is 2.08. The fourth-order valence-electron chi connectivity index (χ4n) is 1.59. The lowest BCUT2D eigenvalue weighted by Crippen LogP contribution is -2.01. The number of carbonyl (C=O) groups excluding carboxylic acids is 3. The number of hydrogen-bond acceptors (Lipinski definition) is 3. The first-order chi connectivity index (χ1) is 8.74. The fraction of sp³-hybridized carbons (Fsp3) is 0. The molecule has 0 spiro atoms. The number of carbonyl (C=O) groups is 3. The van der Waals surface area contributed by atoms with Gasteiger partial charge in [0.1, 0.15) is 12.6 Å². The van der Waals surface area contributed by atoms with Crippen LogP contribution in [0.1, 0.15) is 36.6 Å². The van der Waals surface area contributed by atoms with Crippen LogP contribution in [0, 0.1) is 0 Å². The maximum absolute atomic E-state index is 12.1. The molecular formula is C15H10O3. The van der Waals surface area contributed by atoms with Crippen molar-refractivity contribution < 1.29 is 14.4 Å². The number of rotatable bonds is 4. The minimum atomic E-state index is -0.134. The van der Waals surface area contributed by atoms with E-state index in [-0.39, 0.29) is 5.78 Å². The predicted octanol–water partition coefficient (Wildman–Crippen LogP) is 2.54. The van der Waals surface area contributed by atoms with E-state index in [1.807, 2.05) is 0 Å². The van der Waals surface area contributed by atoms with Gasteiger partial charge in [-0.2, -0.15) is 0 Å². The van der Waals surface area contributed by atoms with Crippen molar-refractivity contribution in [3.8, 4) is 0 Å². The van der Waals surface area contributed by atoms with Crippen molar-refractivity contribution in [1.82, 2.24) is 0 Å². The van der Waals surface area contributed by atoms with Gasteiger partial charge in [-0.3, -0.25) is 14.4 Å². The first-order valence-corrected chi connectivity index (χ1v) is 5.40. The second-order valence-corrected chi connectivity index (χ2v) is 3.81. The third kappa shape index (κ3) is 2.40. The Kier molecular flexibility index (Phi) is 3.44. The molecule has 0 aliphatic rings. The van der Waals surface area contributed by atoms with Gasteiger partial charge in [0.25, 0.3) is 0 Å². The first-order valence-electron chi connectivity index (χ1n) is 5.40. The molecule has 0 atom stereocenters. The normalized spacial score (nSPS) is 9.78. The van der Waals surface area contributed by atoms with Gasteiger partial charge in [-0.1, -0.05) is 48.5 Å². The third-order valence-corrected chi connectivity index (χ3v) is 2.62. The largest absolute Gasteiger partial charge is 0.298 e. The van der Waals surface area contributed by atoms with Crippen molar-refractivity contribution in [2.24, 2.45) is 0 Å². The minimum Gasteiger partial charge on any atom is -0.298 e. The van der Waals surface area contributed by atoms with E-state index in [9.17, 15) is 14.4 Å². The summed E-state index contributed by atoms with van der Waals surface area (Å²) in [6.45, 7) is 0. The average Bonchev–Trinajstić information content (AvgIpc) is 2.47. The maximum Gasteiger partial charge on any atom is 0.193 e. The number of hydrogen-bond donors (Lipinski definition) is 0. The molecule has 3 heteroatoms. The van der Waals surface area contributed by atoms with E-state index in [2.05, 4.69) is 0 Å². The molecule has 0 aromatic heterocycles. The van der Waals surface area contributed by atoms with E-state index in [0.29, 0.717) is 22.3 Å². The molecular weight excluding hydrogens is 228 g/mol. The Morgan fingerprint density at radius 3 is 1.28 bits per heavy atom. The van der Waals surface area contributed by atoms with Crippen molar-refractivity contribution in [3.05, 3.63) is 70.8 Å². The molecule has 0 aliphatic heterocycles. The van der Waals surface area contributed by atoms with E-state index in [0.717, 1.165) is 12.6 Å². The number of aldehydes is 2. The Morgan fingerprint density at radius 1 is 0.667 bits per heavy atom. The topological polar surface area (TPSA) is 51.2 Å². The molecule has 2 rings (SSSR count). The summed E-state index contributed by atoms with van der Waals surface area (Å²) in [5.74, 6) is -0.134. The Labute approximate surface area is 104 Å². The molecule has 0 saturated heterocycles. The molecule has 3 nitrogen and oxygen atoms in total. The highest BCUT2D eigenvalue weighted by Crippen LogP contribution is 2.11. The smallest absolute Gasteiger partial charge is 0.193 e. The maximum atomic E-state index is 12.1. The van der Waals surface area contributed by atoms with Gasteiger partial charge in [-0.05, 0) is 0 Å². The van der Waals surface area contributed by atoms with Gasteiger partial charge in [-0.25, -0.2) is 0 Å². The molecule has 0 fully saturated rings. The van der Waals surface area contributed by atoms with Gasteiger partial charge < -0.3 is 0 Å². The summed E-state index contributed by atoms with van der Waals surface area (Å²) in [6.07, 6.45) is 1.46. The lowest BCUT2D eigenvalue weighted by atomic mass is 10.0. The molecule has 18 heavy (non-hydrogen) atoms. The molecule has 0 aliphatic carbocycles. The fourth-order valence-corrected chi connectivity index (χ4v) is 1.59. The van der Waals surface area contributed by atoms with Crippen molar-refractivity contribution in [3.63, 3.8) is 0 Å². The van der Waals surface area contributed by atoms with Crippen LogP contribution in [0.4, 0.5) is 0 Å². The molecule has 0 N–H and O–H groups in total. The van der Waals surface area contributed by atoms with Crippen LogP contribution in [0.5, 0.6) is 0 Å². The lowest BCUT2D eigenvalue weighted by molar-refractivity contribution is 0.103. The Hall–Kier alpha value is -2.55. The second kappa shape index (κ2) is 5.19. The van der Waals surface area contributed by atoms with Crippen LogP contribution in [0.25, 0.3) is 0 Å². The van der Waals surface area contributed by atoms with E-state index < -0.39 is 0 Å². The Bertz CT molecular complexity index is 527. The molecule has 2 aromatic rings. The standard InChI is InChI=1S/C15H10O3/c16-9-11-1-5-13(6-2-11)15(18)14-7-3-12(10-17)4-8-14/h1-10H. The summed E-state index contributed by atoms with van der Waals surface area (Å²) < 4.78 is 0. The van der Waals surface area contributed by atoms with Gasteiger partial charge in [0, 0.05) is 22.3 Å². The van der Waals surface area contributed by atoms with Gasteiger partial charge >= 0.3 is 0 Å². The minimum absolute atomic E-state index is 0.134. The molecule has 0 unspecified atom stereocenters. The number of ketones is 1. The van der Waals surface area contributed by atoms with Crippen LogP contribution in [-0.4, -0.2) is 18.4 Å². The molecule has 0 heterocycles. The van der Waals surface area contributed by atoms with Crippen molar-refractivity contribution in [2.75, 3.05) is 0 Å². The first kappa shape index (κ1) is 11.9. The van der Waals surface area contributed by atoms with E-state index in [1.165, 1.54) is 0 Å². The van der Waals surface area contributed by atoms with Gasteiger partial charge in [0.2, 0.25) is 0 Å². The van der Waals surface area contributed by atoms with Crippen LogP contribution in [-0.2, 0) is 0 Å². The molecule has 0 bridgehead atoms. The van der Waals surface area contributed by atoms with E-state index >= 15 is 0 Å². The van der Waals surface area contributed by atoms with Crippen LogP contribution in [0.15, 0.2) is 48.5 Å². The Morgan fingerprint density at radius 2 is 1.00 bits per heavy atom. The second-order valence-electron chi connectivity index (χ2n) is 3.81. The summed E-state index contributed by atoms with van der Waals surface area (Å²) in [7, 11) is 0. The summed E-state index contributed by atoms with van der Waals surface area (Å²) in [6, 6.07) is 12.8. The zero-order valence-electron chi connectivity index (χ0n) is 9.50. The lowest BCUT2D eigenvalue weighted by Gasteiger charge is -2.01. The Balaban J connectivity index is 2.28. The van der Waals surface area contributed by atoms with E-state index in [1.54, 1.807) is 48.5 Å². The van der Waals surface area contributed by atoms with Gasteiger partial charge in [0.05, 0.1) is 0 Å². The van der Waals surface area contributed by atoms with Crippen LogP contribution in [0.2, 0.25) is 0 Å². The quantitative estimate of drug-likeness (QED) is 0.607. The van der Waals surface area contributed by atoms with Crippen LogP contribution in [0.3, 0.4) is 0 Å². The SMILES string of the molecule is O=Cc1ccc(C(=O)c2ccc(C=O)cc2)cc1. The molecule has 88 valence electrons. The zero-order valence-corrected chi connectivity index (χ0v) is 9.50. The van der Waals surface area contributed by atoms with Crippen molar-refractivity contribution in [2.45, 2.75) is 0 Å². The summed E-state index contributed by atoms with van der Waals surface area (Å²) in [5, 5.41) is 0. The monoisotopic (exact) mass is 238 g/mol. The average molecular weight is 238 g/mol. The van der Waals surface area contributed by atoms with Gasteiger partial charge in [0.15, 0.2) is 5.78 Å². The van der Waals surface area contributed by atoms with Crippen molar-refractivity contribution in [1.29, 1.82) is 0 Å². The van der Waals surface area contributed by atoms with Crippen LogP contribution < -0.4 is 0 Å². The summed E-state index contributed by atoms with van der Waals surface area (Å²) in [4.78, 5) is 33.1. The molecule has 0 radical (unpaired) electrons. The molecule has 0 saturated carbocycles. The molecule has 2 aromatic carbocycles.